The van der Waals surface area contributed by atoms with Gasteiger partial charge in [0.2, 0.25) is 0 Å². The Bertz CT molecular complexity index is 304. The Morgan fingerprint density at radius 2 is 1.63 bits per heavy atom. The molecule has 0 aromatic rings. The SMILES string of the molecule is CC(CCCCCC(C)O)=C(C)C(C)(O)C(F)(F)F. The van der Waals surface area contributed by atoms with Crippen LogP contribution in [0.3, 0.4) is 0 Å². The van der Waals surface area contributed by atoms with Crippen molar-refractivity contribution in [3.63, 3.8) is 0 Å². The van der Waals surface area contributed by atoms with Gasteiger partial charge < -0.3 is 10.2 Å². The second-order valence-electron chi connectivity index (χ2n) is 5.42. The van der Waals surface area contributed by atoms with Crippen LogP contribution in [-0.4, -0.2) is 28.1 Å². The van der Waals surface area contributed by atoms with Crippen LogP contribution in [0.25, 0.3) is 0 Å². The first kappa shape index (κ1) is 18.4. The molecule has 0 aromatic carbocycles. The Labute approximate surface area is 113 Å². The third-order valence-corrected chi connectivity index (χ3v) is 3.60. The van der Waals surface area contributed by atoms with Crippen LogP contribution < -0.4 is 0 Å². The van der Waals surface area contributed by atoms with Gasteiger partial charge in [-0.2, -0.15) is 13.2 Å². The van der Waals surface area contributed by atoms with Crippen LogP contribution in [0.2, 0.25) is 0 Å². The maximum Gasteiger partial charge on any atom is 0.420 e. The average Bonchev–Trinajstić information content (AvgIpc) is 2.25. The van der Waals surface area contributed by atoms with Crippen LogP contribution in [0.1, 0.15) is 59.8 Å². The van der Waals surface area contributed by atoms with Crippen molar-refractivity contribution in [2.45, 2.75) is 77.7 Å². The summed E-state index contributed by atoms with van der Waals surface area (Å²) >= 11 is 0. The molecule has 0 aromatic heterocycles. The van der Waals surface area contributed by atoms with Gasteiger partial charge in [-0.25, -0.2) is 0 Å². The largest absolute Gasteiger partial charge is 0.420 e. The summed E-state index contributed by atoms with van der Waals surface area (Å²) in [7, 11) is 0. The van der Waals surface area contributed by atoms with Crippen LogP contribution in [0, 0.1) is 0 Å². The molecule has 0 aliphatic rings. The number of alkyl halides is 3. The number of halogens is 3. The van der Waals surface area contributed by atoms with Gasteiger partial charge in [-0.15, -0.1) is 0 Å². The summed E-state index contributed by atoms with van der Waals surface area (Å²) < 4.78 is 38.0. The van der Waals surface area contributed by atoms with E-state index in [0.29, 0.717) is 18.4 Å². The van der Waals surface area contributed by atoms with Gasteiger partial charge in [0.25, 0.3) is 0 Å². The van der Waals surface area contributed by atoms with Gasteiger partial charge >= 0.3 is 6.18 Å². The standard InChI is InChI=1S/C14H25F3O2/c1-10(8-6-5-7-9-11(2)18)12(3)13(4,19)14(15,16)17/h11,18-19H,5-9H2,1-4H3. The van der Waals surface area contributed by atoms with E-state index in [1.54, 1.807) is 13.8 Å². The lowest BCUT2D eigenvalue weighted by atomic mass is 9.90. The van der Waals surface area contributed by atoms with Crippen molar-refractivity contribution in [2.24, 2.45) is 0 Å². The van der Waals surface area contributed by atoms with E-state index in [-0.39, 0.29) is 11.7 Å². The lowest BCUT2D eigenvalue weighted by Gasteiger charge is -2.29. The van der Waals surface area contributed by atoms with Crippen LogP contribution in [0.4, 0.5) is 13.2 Å². The van der Waals surface area contributed by atoms with Crippen molar-refractivity contribution in [3.8, 4) is 0 Å². The zero-order valence-electron chi connectivity index (χ0n) is 12.1. The molecule has 0 radical (unpaired) electrons. The first-order valence-electron chi connectivity index (χ1n) is 6.64. The molecule has 0 rings (SSSR count). The van der Waals surface area contributed by atoms with Gasteiger partial charge in [0.1, 0.15) is 0 Å². The van der Waals surface area contributed by atoms with Crippen LogP contribution in [0.15, 0.2) is 11.1 Å². The predicted molar refractivity (Wildman–Crippen MR) is 69.8 cm³/mol. The van der Waals surface area contributed by atoms with Gasteiger partial charge in [-0.3, -0.25) is 0 Å². The van der Waals surface area contributed by atoms with Gasteiger partial charge in [-0.05, 0) is 52.5 Å². The molecule has 0 saturated carbocycles. The Hall–Kier alpha value is -0.550. The minimum atomic E-state index is -4.65. The first-order chi connectivity index (χ1) is 8.50. The molecule has 2 N–H and O–H groups in total. The van der Waals surface area contributed by atoms with Crippen molar-refractivity contribution in [1.82, 2.24) is 0 Å². The highest BCUT2D eigenvalue weighted by Crippen LogP contribution is 2.37. The molecular formula is C14H25F3O2. The van der Waals surface area contributed by atoms with E-state index >= 15 is 0 Å². The second-order valence-corrected chi connectivity index (χ2v) is 5.42. The molecule has 5 heteroatoms. The monoisotopic (exact) mass is 282 g/mol. The maximum atomic E-state index is 12.7. The Morgan fingerprint density at radius 1 is 1.11 bits per heavy atom. The quantitative estimate of drug-likeness (QED) is 0.548. The number of unbranched alkanes of at least 4 members (excludes halogenated alkanes) is 2. The number of aliphatic hydroxyl groups is 2. The molecular weight excluding hydrogens is 257 g/mol. The summed E-state index contributed by atoms with van der Waals surface area (Å²) in [4.78, 5) is 0. The fourth-order valence-corrected chi connectivity index (χ4v) is 1.82. The lowest BCUT2D eigenvalue weighted by molar-refractivity contribution is -0.237. The van der Waals surface area contributed by atoms with E-state index < -0.39 is 11.8 Å². The summed E-state index contributed by atoms with van der Waals surface area (Å²) in [6, 6.07) is 0. The van der Waals surface area contributed by atoms with E-state index in [4.69, 9.17) is 5.11 Å². The number of hydrogen-bond acceptors (Lipinski definition) is 2. The summed E-state index contributed by atoms with van der Waals surface area (Å²) in [6.07, 6.45) is -1.23. The van der Waals surface area contributed by atoms with Gasteiger partial charge in [0.15, 0.2) is 5.60 Å². The van der Waals surface area contributed by atoms with Crippen LogP contribution in [0.5, 0.6) is 0 Å². The van der Waals surface area contributed by atoms with Gasteiger partial charge in [0, 0.05) is 0 Å². The highest BCUT2D eigenvalue weighted by molar-refractivity contribution is 5.22. The fraction of sp³-hybridized carbons (Fsp3) is 0.857. The Balaban J connectivity index is 4.38. The van der Waals surface area contributed by atoms with E-state index in [9.17, 15) is 18.3 Å². The Morgan fingerprint density at radius 3 is 2.05 bits per heavy atom. The molecule has 0 bridgehead atoms. The zero-order chi connectivity index (χ0) is 15.3. The Kier molecular flexibility index (Phi) is 7.08. The third-order valence-electron chi connectivity index (χ3n) is 3.60. The highest BCUT2D eigenvalue weighted by Gasteiger charge is 2.51. The predicted octanol–water partition coefficient (Wildman–Crippen LogP) is 3.97. The molecule has 2 atom stereocenters. The molecule has 0 heterocycles. The molecule has 0 amide bonds. The molecule has 114 valence electrons. The van der Waals surface area contributed by atoms with Crippen LogP contribution in [-0.2, 0) is 0 Å². The lowest BCUT2D eigenvalue weighted by Crippen LogP contribution is -2.43. The molecule has 0 aliphatic carbocycles. The smallest absolute Gasteiger partial charge is 0.393 e. The van der Waals surface area contributed by atoms with E-state index in [2.05, 4.69) is 0 Å². The number of hydrogen-bond donors (Lipinski definition) is 2. The van der Waals surface area contributed by atoms with Crippen molar-refractivity contribution in [3.05, 3.63) is 11.1 Å². The molecule has 0 saturated heterocycles. The molecule has 19 heavy (non-hydrogen) atoms. The normalized spacial score (nSPS) is 18.8. The number of rotatable bonds is 7. The second kappa shape index (κ2) is 7.29. The number of allylic oxidation sites excluding steroid dienone is 1. The van der Waals surface area contributed by atoms with Crippen LogP contribution >= 0.6 is 0 Å². The summed E-state index contributed by atoms with van der Waals surface area (Å²) in [5.41, 5.74) is -2.19. The summed E-state index contributed by atoms with van der Waals surface area (Å²) in [5, 5.41) is 18.6. The van der Waals surface area contributed by atoms with Crippen molar-refractivity contribution >= 4 is 0 Å². The minimum absolute atomic E-state index is 0.0180. The molecule has 0 spiro atoms. The van der Waals surface area contributed by atoms with Crippen molar-refractivity contribution in [1.29, 1.82) is 0 Å². The van der Waals surface area contributed by atoms with E-state index in [0.717, 1.165) is 26.2 Å². The van der Waals surface area contributed by atoms with Crippen molar-refractivity contribution in [2.75, 3.05) is 0 Å². The third kappa shape index (κ3) is 5.95. The summed E-state index contributed by atoms with van der Waals surface area (Å²) in [6.45, 7) is 5.47. The van der Waals surface area contributed by atoms with Gasteiger partial charge in [0.05, 0.1) is 6.10 Å². The molecule has 2 nitrogen and oxygen atoms in total. The van der Waals surface area contributed by atoms with Gasteiger partial charge in [-0.1, -0.05) is 18.4 Å². The molecule has 0 fully saturated rings. The number of aliphatic hydroxyl groups excluding tert-OH is 1. The van der Waals surface area contributed by atoms with E-state index in [1.807, 2.05) is 0 Å². The maximum absolute atomic E-state index is 12.7. The van der Waals surface area contributed by atoms with Crippen molar-refractivity contribution < 1.29 is 23.4 Å². The molecule has 2 unspecified atom stereocenters. The summed E-state index contributed by atoms with van der Waals surface area (Å²) in [5.74, 6) is 0. The topological polar surface area (TPSA) is 40.5 Å². The minimum Gasteiger partial charge on any atom is -0.393 e. The zero-order valence-corrected chi connectivity index (χ0v) is 12.1. The molecule has 0 aliphatic heterocycles. The van der Waals surface area contributed by atoms with E-state index in [1.165, 1.54) is 6.92 Å². The fourth-order valence-electron chi connectivity index (χ4n) is 1.82. The highest BCUT2D eigenvalue weighted by atomic mass is 19.4. The average molecular weight is 282 g/mol. The first-order valence-corrected chi connectivity index (χ1v) is 6.64.